The normalized spacial score (nSPS) is 25.9. The van der Waals surface area contributed by atoms with E-state index in [1.54, 1.807) is 6.20 Å². The van der Waals surface area contributed by atoms with Crippen LogP contribution in [0.15, 0.2) is 48.7 Å². The van der Waals surface area contributed by atoms with Crippen LogP contribution in [0.25, 0.3) is 0 Å². The summed E-state index contributed by atoms with van der Waals surface area (Å²) in [6.45, 7) is 0. The number of ether oxygens (including phenoxy) is 1. The lowest BCUT2D eigenvalue weighted by Gasteiger charge is -2.39. The van der Waals surface area contributed by atoms with Crippen LogP contribution in [0.5, 0.6) is 5.75 Å². The number of aromatic nitrogens is 1. The maximum atomic E-state index is 8.91. The highest BCUT2D eigenvalue weighted by atomic mass is 16.5. The van der Waals surface area contributed by atoms with Crippen LogP contribution in [-0.2, 0) is 0 Å². The zero-order chi connectivity index (χ0) is 15.6. The first-order valence-electron chi connectivity index (χ1n) is 8.19. The summed E-state index contributed by atoms with van der Waals surface area (Å²) in [4.78, 5) is 6.92. The highest BCUT2D eigenvalue weighted by molar-refractivity contribution is 5.46. The van der Waals surface area contributed by atoms with E-state index >= 15 is 0 Å². The van der Waals surface area contributed by atoms with Gasteiger partial charge in [0.1, 0.15) is 23.7 Å². The highest BCUT2D eigenvalue weighted by Gasteiger charge is 2.42. The smallest absolute Gasteiger partial charge is 0.129 e. The molecule has 116 valence electrons. The summed E-state index contributed by atoms with van der Waals surface area (Å²) in [5.41, 5.74) is 0.614. The van der Waals surface area contributed by atoms with Crippen molar-refractivity contribution in [3.63, 3.8) is 0 Å². The Kier molecular flexibility index (Phi) is 3.63. The number of nitriles is 1. The molecule has 0 amide bonds. The average Bonchev–Trinajstić information content (AvgIpc) is 2.87. The summed E-state index contributed by atoms with van der Waals surface area (Å²) in [7, 11) is 0. The van der Waals surface area contributed by atoms with Gasteiger partial charge in [-0.3, -0.25) is 0 Å². The summed E-state index contributed by atoms with van der Waals surface area (Å²) in [5, 5.41) is 8.91. The van der Waals surface area contributed by atoms with Gasteiger partial charge in [0, 0.05) is 31.1 Å². The summed E-state index contributed by atoms with van der Waals surface area (Å²) in [5.74, 6) is 1.96. The van der Waals surface area contributed by atoms with Crippen LogP contribution in [0.3, 0.4) is 0 Å². The molecule has 0 aliphatic carbocycles. The van der Waals surface area contributed by atoms with Gasteiger partial charge in [0.25, 0.3) is 0 Å². The Balaban J connectivity index is 1.48. The number of anilines is 1. The molecule has 2 aliphatic heterocycles. The van der Waals surface area contributed by atoms with E-state index in [4.69, 9.17) is 10.00 Å². The molecule has 0 spiro atoms. The van der Waals surface area contributed by atoms with Crippen LogP contribution < -0.4 is 9.64 Å². The third-order valence-electron chi connectivity index (χ3n) is 4.88. The molecule has 0 saturated carbocycles. The fourth-order valence-corrected chi connectivity index (χ4v) is 3.89. The zero-order valence-electron chi connectivity index (χ0n) is 12.9. The summed E-state index contributed by atoms with van der Waals surface area (Å²) in [6.07, 6.45) is 6.41. The van der Waals surface area contributed by atoms with Crippen molar-refractivity contribution in [3.05, 3.63) is 54.2 Å². The van der Waals surface area contributed by atoms with Gasteiger partial charge in [0.05, 0.1) is 5.56 Å². The maximum absolute atomic E-state index is 8.91. The molecule has 4 nitrogen and oxygen atoms in total. The van der Waals surface area contributed by atoms with Crippen LogP contribution in [0, 0.1) is 11.3 Å². The van der Waals surface area contributed by atoms with Crippen LogP contribution in [0.4, 0.5) is 5.82 Å². The van der Waals surface area contributed by atoms with Gasteiger partial charge in [-0.15, -0.1) is 0 Å². The predicted octanol–water partition coefficient (Wildman–Crippen LogP) is 3.53. The van der Waals surface area contributed by atoms with Crippen LogP contribution in [0.2, 0.25) is 0 Å². The average molecular weight is 305 g/mol. The van der Waals surface area contributed by atoms with Gasteiger partial charge in [0.2, 0.25) is 0 Å². The number of piperidine rings is 1. The molecular formula is C19H19N3O. The van der Waals surface area contributed by atoms with E-state index in [9.17, 15) is 0 Å². The summed E-state index contributed by atoms with van der Waals surface area (Å²) in [6, 6.07) is 17.0. The SMILES string of the molecule is N#Cc1ccc(N2[C@@H]3CC[C@H]2C[C@@H](Oc2ccccc2)C3)nc1. The Labute approximate surface area is 136 Å². The van der Waals surface area contributed by atoms with Crippen LogP contribution in [0.1, 0.15) is 31.2 Å². The first-order valence-corrected chi connectivity index (χ1v) is 8.19. The van der Waals surface area contributed by atoms with E-state index in [0.29, 0.717) is 17.6 Å². The highest BCUT2D eigenvalue weighted by Crippen LogP contribution is 2.39. The first-order chi connectivity index (χ1) is 11.3. The molecule has 4 rings (SSSR count). The van der Waals surface area contributed by atoms with E-state index in [-0.39, 0.29) is 6.10 Å². The number of nitrogens with zero attached hydrogens (tertiary/aromatic N) is 3. The Hall–Kier alpha value is -2.54. The number of para-hydroxylation sites is 1. The number of fused-ring (bicyclic) bond motifs is 2. The molecule has 1 aromatic carbocycles. The monoisotopic (exact) mass is 305 g/mol. The summed E-state index contributed by atoms with van der Waals surface area (Å²) >= 11 is 0. The lowest BCUT2D eigenvalue weighted by molar-refractivity contribution is 0.150. The molecule has 4 heteroatoms. The Morgan fingerprint density at radius 3 is 2.39 bits per heavy atom. The number of rotatable bonds is 3. The van der Waals surface area contributed by atoms with Gasteiger partial charge >= 0.3 is 0 Å². The quantitative estimate of drug-likeness (QED) is 0.870. The number of benzene rings is 1. The predicted molar refractivity (Wildman–Crippen MR) is 88.3 cm³/mol. The largest absolute Gasteiger partial charge is 0.490 e. The minimum atomic E-state index is 0.282. The number of pyridine rings is 1. The molecule has 3 atom stereocenters. The summed E-state index contributed by atoms with van der Waals surface area (Å²) < 4.78 is 6.17. The molecule has 1 aromatic heterocycles. The Bertz CT molecular complexity index is 694. The van der Waals surface area contributed by atoms with Crippen molar-refractivity contribution in [2.45, 2.75) is 43.9 Å². The molecule has 2 aliphatic rings. The minimum absolute atomic E-state index is 0.282. The van der Waals surface area contributed by atoms with Crippen LogP contribution in [-0.4, -0.2) is 23.2 Å². The molecule has 0 radical (unpaired) electrons. The van der Waals surface area contributed by atoms with Crippen molar-refractivity contribution in [2.75, 3.05) is 4.90 Å². The van der Waals surface area contributed by atoms with Gasteiger partial charge in [0.15, 0.2) is 0 Å². The second kappa shape index (κ2) is 5.92. The fraction of sp³-hybridized carbons (Fsp3) is 0.368. The first kappa shape index (κ1) is 14.1. The topological polar surface area (TPSA) is 49.2 Å². The van der Waals surface area contributed by atoms with E-state index in [2.05, 4.69) is 16.0 Å². The van der Waals surface area contributed by atoms with E-state index in [1.807, 2.05) is 42.5 Å². The molecular weight excluding hydrogens is 286 g/mol. The van der Waals surface area contributed by atoms with Crippen molar-refractivity contribution in [1.29, 1.82) is 5.26 Å². The molecule has 2 bridgehead atoms. The van der Waals surface area contributed by atoms with Crippen molar-refractivity contribution < 1.29 is 4.74 Å². The molecule has 2 fully saturated rings. The lowest BCUT2D eigenvalue weighted by Crippen LogP contribution is -2.46. The van der Waals surface area contributed by atoms with Gasteiger partial charge in [-0.2, -0.15) is 5.26 Å². The third kappa shape index (κ3) is 2.75. The van der Waals surface area contributed by atoms with Crippen molar-refractivity contribution in [2.24, 2.45) is 0 Å². The van der Waals surface area contributed by atoms with Crippen LogP contribution >= 0.6 is 0 Å². The number of hydrogen-bond donors (Lipinski definition) is 0. The van der Waals surface area contributed by atoms with Gasteiger partial charge in [-0.25, -0.2) is 4.98 Å². The maximum Gasteiger partial charge on any atom is 0.129 e. The molecule has 0 unspecified atom stereocenters. The minimum Gasteiger partial charge on any atom is -0.490 e. The van der Waals surface area contributed by atoms with Gasteiger partial charge in [-0.05, 0) is 37.1 Å². The number of hydrogen-bond acceptors (Lipinski definition) is 4. The molecule has 2 aromatic rings. The van der Waals surface area contributed by atoms with E-state index < -0.39 is 0 Å². The Morgan fingerprint density at radius 2 is 1.78 bits per heavy atom. The van der Waals surface area contributed by atoms with Gasteiger partial charge < -0.3 is 9.64 Å². The van der Waals surface area contributed by atoms with E-state index in [0.717, 1.165) is 24.4 Å². The molecule has 3 heterocycles. The zero-order valence-corrected chi connectivity index (χ0v) is 12.9. The standard InChI is InChI=1S/C19H19N3O/c20-12-14-6-9-19(21-13-14)22-15-7-8-16(22)11-18(10-15)23-17-4-2-1-3-5-17/h1-6,9,13,15-16,18H,7-8,10-11H2/t15-,16+,18+. The second-order valence-corrected chi connectivity index (χ2v) is 6.33. The molecule has 2 saturated heterocycles. The fourth-order valence-electron chi connectivity index (χ4n) is 3.89. The van der Waals surface area contributed by atoms with Crippen molar-refractivity contribution in [3.8, 4) is 11.8 Å². The van der Waals surface area contributed by atoms with Crippen molar-refractivity contribution in [1.82, 2.24) is 4.98 Å². The lowest BCUT2D eigenvalue weighted by atomic mass is 9.99. The second-order valence-electron chi connectivity index (χ2n) is 6.33. The van der Waals surface area contributed by atoms with Crippen molar-refractivity contribution >= 4 is 5.82 Å². The van der Waals surface area contributed by atoms with E-state index in [1.165, 1.54) is 12.8 Å². The molecule has 0 N–H and O–H groups in total. The Morgan fingerprint density at radius 1 is 1.04 bits per heavy atom. The molecule has 23 heavy (non-hydrogen) atoms. The third-order valence-corrected chi connectivity index (χ3v) is 4.88. The van der Waals surface area contributed by atoms with Gasteiger partial charge in [-0.1, -0.05) is 18.2 Å².